The highest BCUT2D eigenvalue weighted by Crippen LogP contribution is 2.15. The van der Waals surface area contributed by atoms with Gasteiger partial charge >= 0.3 is 0 Å². The zero-order chi connectivity index (χ0) is 8.97. The fourth-order valence-corrected chi connectivity index (χ4v) is 1.28. The average Bonchev–Trinajstić information content (AvgIpc) is 2.17. The molecule has 2 nitrogen and oxygen atoms in total. The van der Waals surface area contributed by atoms with Gasteiger partial charge in [-0.25, -0.2) is 0 Å². The highest BCUT2D eigenvalue weighted by molar-refractivity contribution is 9.09. The van der Waals surface area contributed by atoms with Gasteiger partial charge in [0, 0.05) is 5.33 Å². The Bertz CT molecular complexity index is 306. The van der Waals surface area contributed by atoms with Crippen LogP contribution >= 0.6 is 15.9 Å². The van der Waals surface area contributed by atoms with Gasteiger partial charge < -0.3 is 5.11 Å². The van der Waals surface area contributed by atoms with Crippen LogP contribution in [0, 0.1) is 11.3 Å². The molecule has 0 aliphatic heterocycles. The Labute approximate surface area is 79.6 Å². The molecule has 12 heavy (non-hydrogen) atoms. The van der Waals surface area contributed by atoms with Crippen molar-refractivity contribution in [3.63, 3.8) is 0 Å². The Balaban J connectivity index is 2.95. The van der Waals surface area contributed by atoms with Crippen LogP contribution in [0.3, 0.4) is 0 Å². The molecule has 1 N–H and O–H groups in total. The lowest BCUT2D eigenvalue weighted by Gasteiger charge is -2.06. The summed E-state index contributed by atoms with van der Waals surface area (Å²) >= 11 is 3.17. The van der Waals surface area contributed by atoms with Crippen molar-refractivity contribution in [3.8, 4) is 6.07 Å². The van der Waals surface area contributed by atoms with Crippen LogP contribution in [0.1, 0.15) is 17.2 Å². The van der Waals surface area contributed by atoms with Crippen molar-refractivity contribution in [3.05, 3.63) is 35.4 Å². The number of nitriles is 1. The quantitative estimate of drug-likeness (QED) is 0.783. The molecule has 1 unspecified atom stereocenters. The Hall–Kier alpha value is -0.850. The molecule has 62 valence electrons. The van der Waals surface area contributed by atoms with Crippen LogP contribution in [0.4, 0.5) is 0 Å². The van der Waals surface area contributed by atoms with Crippen molar-refractivity contribution in [1.82, 2.24) is 0 Å². The minimum Gasteiger partial charge on any atom is -0.388 e. The van der Waals surface area contributed by atoms with Crippen LogP contribution in [-0.2, 0) is 0 Å². The minimum absolute atomic E-state index is 0.488. The maximum Gasteiger partial charge on any atom is 0.0991 e. The topological polar surface area (TPSA) is 44.0 Å². The van der Waals surface area contributed by atoms with E-state index in [-0.39, 0.29) is 0 Å². The van der Waals surface area contributed by atoms with Gasteiger partial charge in [0.05, 0.1) is 17.7 Å². The molecule has 0 heterocycles. The Morgan fingerprint density at radius 1 is 1.58 bits per heavy atom. The summed E-state index contributed by atoms with van der Waals surface area (Å²) in [4.78, 5) is 0. The summed E-state index contributed by atoms with van der Waals surface area (Å²) in [5, 5.41) is 18.5. The number of aliphatic hydroxyl groups excluding tert-OH is 1. The van der Waals surface area contributed by atoms with Gasteiger partial charge in [-0.05, 0) is 17.7 Å². The van der Waals surface area contributed by atoms with Gasteiger partial charge in [-0.15, -0.1) is 0 Å². The summed E-state index contributed by atoms with van der Waals surface area (Å²) in [7, 11) is 0. The SMILES string of the molecule is N#Cc1cccc(C(O)CBr)c1. The number of aliphatic hydroxyl groups is 1. The summed E-state index contributed by atoms with van der Waals surface area (Å²) in [6, 6.07) is 8.98. The lowest BCUT2D eigenvalue weighted by molar-refractivity contribution is 0.205. The lowest BCUT2D eigenvalue weighted by Crippen LogP contribution is -1.97. The second kappa shape index (κ2) is 4.24. The van der Waals surface area contributed by atoms with Crippen molar-refractivity contribution < 1.29 is 5.11 Å². The van der Waals surface area contributed by atoms with Crippen LogP contribution in [-0.4, -0.2) is 10.4 Å². The highest BCUT2D eigenvalue weighted by Gasteiger charge is 2.04. The molecule has 1 aromatic carbocycles. The molecular weight excluding hydrogens is 218 g/mol. The van der Waals surface area contributed by atoms with E-state index in [1.165, 1.54) is 0 Å². The molecule has 0 spiro atoms. The third-order valence-electron chi connectivity index (χ3n) is 1.55. The van der Waals surface area contributed by atoms with Crippen molar-refractivity contribution in [2.75, 3.05) is 5.33 Å². The van der Waals surface area contributed by atoms with Crippen LogP contribution in [0.15, 0.2) is 24.3 Å². The molecule has 0 amide bonds. The molecule has 0 saturated heterocycles. The molecule has 1 rings (SSSR count). The molecule has 1 atom stereocenters. The largest absolute Gasteiger partial charge is 0.388 e. The molecule has 0 saturated carbocycles. The van der Waals surface area contributed by atoms with Crippen molar-refractivity contribution in [2.45, 2.75) is 6.10 Å². The first-order chi connectivity index (χ1) is 5.77. The van der Waals surface area contributed by atoms with Gasteiger partial charge in [-0.1, -0.05) is 28.1 Å². The normalized spacial score (nSPS) is 12.1. The third-order valence-corrected chi connectivity index (χ3v) is 2.16. The van der Waals surface area contributed by atoms with Gasteiger partial charge in [-0.2, -0.15) is 5.26 Å². The number of hydrogen-bond donors (Lipinski definition) is 1. The zero-order valence-corrected chi connectivity index (χ0v) is 7.95. The van der Waals surface area contributed by atoms with Gasteiger partial charge in [0.25, 0.3) is 0 Å². The number of benzene rings is 1. The lowest BCUT2D eigenvalue weighted by atomic mass is 10.1. The van der Waals surface area contributed by atoms with Crippen LogP contribution in [0.5, 0.6) is 0 Å². The van der Waals surface area contributed by atoms with Gasteiger partial charge in [0.15, 0.2) is 0 Å². The molecule has 0 aliphatic rings. The number of halogens is 1. The van der Waals surface area contributed by atoms with Crippen molar-refractivity contribution in [1.29, 1.82) is 5.26 Å². The fourth-order valence-electron chi connectivity index (χ4n) is 0.905. The van der Waals surface area contributed by atoms with Crippen LogP contribution in [0.25, 0.3) is 0 Å². The predicted octanol–water partition coefficient (Wildman–Crippen LogP) is 1.99. The number of hydrogen-bond acceptors (Lipinski definition) is 2. The van der Waals surface area contributed by atoms with Gasteiger partial charge in [-0.3, -0.25) is 0 Å². The van der Waals surface area contributed by atoms with E-state index in [2.05, 4.69) is 15.9 Å². The molecule has 1 aromatic rings. The number of nitrogens with zero attached hydrogens (tertiary/aromatic N) is 1. The van der Waals surface area contributed by atoms with Crippen molar-refractivity contribution in [2.24, 2.45) is 0 Å². The van der Waals surface area contributed by atoms with E-state index in [0.29, 0.717) is 10.9 Å². The second-order valence-corrected chi connectivity index (χ2v) is 3.05. The minimum atomic E-state index is -0.529. The smallest absolute Gasteiger partial charge is 0.0991 e. The van der Waals surface area contributed by atoms with E-state index in [1.807, 2.05) is 6.07 Å². The molecule has 0 bridgehead atoms. The van der Waals surface area contributed by atoms with Crippen molar-refractivity contribution >= 4 is 15.9 Å². The fraction of sp³-hybridized carbons (Fsp3) is 0.222. The maximum absolute atomic E-state index is 9.39. The highest BCUT2D eigenvalue weighted by atomic mass is 79.9. The molecule has 3 heteroatoms. The van der Waals surface area contributed by atoms with Gasteiger partial charge in [0.1, 0.15) is 0 Å². The number of rotatable bonds is 2. The first-order valence-electron chi connectivity index (χ1n) is 3.52. The molecule has 0 radical (unpaired) electrons. The van der Waals surface area contributed by atoms with E-state index < -0.39 is 6.10 Å². The first kappa shape index (κ1) is 9.24. The Morgan fingerprint density at radius 3 is 2.92 bits per heavy atom. The summed E-state index contributed by atoms with van der Waals surface area (Å²) in [6.07, 6.45) is -0.529. The molecule has 0 aliphatic carbocycles. The summed E-state index contributed by atoms with van der Waals surface area (Å²) in [5.41, 5.74) is 1.35. The van der Waals surface area contributed by atoms with E-state index in [4.69, 9.17) is 5.26 Å². The van der Waals surface area contributed by atoms with E-state index >= 15 is 0 Å². The van der Waals surface area contributed by atoms with Gasteiger partial charge in [0.2, 0.25) is 0 Å². The Kier molecular flexibility index (Phi) is 3.27. The third kappa shape index (κ3) is 2.07. The molecular formula is C9H8BrNO. The summed E-state index contributed by atoms with van der Waals surface area (Å²) in [5.74, 6) is 0. The first-order valence-corrected chi connectivity index (χ1v) is 4.64. The molecule has 0 aromatic heterocycles. The summed E-state index contributed by atoms with van der Waals surface area (Å²) < 4.78 is 0. The van der Waals surface area contributed by atoms with E-state index in [0.717, 1.165) is 5.56 Å². The predicted molar refractivity (Wildman–Crippen MR) is 49.9 cm³/mol. The zero-order valence-electron chi connectivity index (χ0n) is 6.37. The maximum atomic E-state index is 9.39. The molecule has 0 fully saturated rings. The van der Waals surface area contributed by atoms with E-state index in [1.54, 1.807) is 24.3 Å². The van der Waals surface area contributed by atoms with E-state index in [9.17, 15) is 5.11 Å². The van der Waals surface area contributed by atoms with Crippen LogP contribution < -0.4 is 0 Å². The van der Waals surface area contributed by atoms with Crippen LogP contribution in [0.2, 0.25) is 0 Å². The monoisotopic (exact) mass is 225 g/mol. The standard InChI is InChI=1S/C9H8BrNO/c10-5-9(12)8-3-1-2-7(4-8)6-11/h1-4,9,12H,5H2. The average molecular weight is 226 g/mol. The second-order valence-electron chi connectivity index (χ2n) is 2.41. The number of alkyl halides is 1. The summed E-state index contributed by atoms with van der Waals surface area (Å²) in [6.45, 7) is 0. The Morgan fingerprint density at radius 2 is 2.33 bits per heavy atom.